The van der Waals surface area contributed by atoms with E-state index in [1.807, 2.05) is 55.5 Å². The molecule has 1 unspecified atom stereocenters. The monoisotopic (exact) mass is 679 g/mol. The molecule has 13 nitrogen and oxygen atoms in total. The predicted molar refractivity (Wildman–Crippen MR) is 190 cm³/mol. The summed E-state index contributed by atoms with van der Waals surface area (Å²) in [5, 5.41) is 3.71. The molecule has 0 spiro atoms. The zero-order valence-electron chi connectivity index (χ0n) is 29.0. The average Bonchev–Trinajstić information content (AvgIpc) is 3.44. The van der Waals surface area contributed by atoms with Crippen LogP contribution < -0.4 is 30.1 Å². The lowest BCUT2D eigenvalue weighted by molar-refractivity contribution is -0.136. The molecule has 3 aliphatic heterocycles. The first-order valence-electron chi connectivity index (χ1n) is 16.7. The summed E-state index contributed by atoms with van der Waals surface area (Å²) < 4.78 is 13.5. The molecular formula is C37H41N7O6. The van der Waals surface area contributed by atoms with E-state index < -0.39 is 11.9 Å². The molecule has 2 saturated heterocycles. The fourth-order valence-corrected chi connectivity index (χ4v) is 7.26. The lowest BCUT2D eigenvalue weighted by Gasteiger charge is -2.36. The number of rotatable bonds is 8. The molecule has 0 saturated carbocycles. The van der Waals surface area contributed by atoms with Gasteiger partial charge in [0.15, 0.2) is 0 Å². The van der Waals surface area contributed by atoms with Crippen molar-refractivity contribution in [2.45, 2.75) is 32.0 Å². The number of ether oxygens (including phenoxy) is 2. The summed E-state index contributed by atoms with van der Waals surface area (Å²) >= 11 is 0. The van der Waals surface area contributed by atoms with Gasteiger partial charge in [-0.2, -0.15) is 0 Å². The summed E-state index contributed by atoms with van der Waals surface area (Å²) in [6.07, 6.45) is 4.06. The molecule has 50 heavy (non-hydrogen) atoms. The number of anilines is 2. The van der Waals surface area contributed by atoms with Crippen LogP contribution in [-0.4, -0.2) is 97.6 Å². The summed E-state index contributed by atoms with van der Waals surface area (Å²) in [4.78, 5) is 62.9. The maximum Gasteiger partial charge on any atom is 0.259 e. The van der Waals surface area contributed by atoms with Gasteiger partial charge in [-0.25, -0.2) is 4.98 Å². The second-order valence-corrected chi connectivity index (χ2v) is 13.3. The van der Waals surface area contributed by atoms with Crippen LogP contribution in [-0.2, 0) is 29.7 Å². The molecular weight excluding hydrogens is 638 g/mol. The molecule has 3 aliphatic rings. The number of carbonyl (C=O) groups excluding carboxylic acids is 3. The summed E-state index contributed by atoms with van der Waals surface area (Å²) in [6.45, 7) is 4.17. The standard InChI is InChI=1S/C37H41N7O6/c1-40(2)33-17-26-27(18-38-33)36(47)41(3)20-28(26)22-15-31(49-4)29(32(16-22)50-5)21-42-10-12-43(13-11-42)24-6-7-25-23(14-24)19-44(37(25)48)30-8-9-34(45)39-35(30)46/h6-7,14-18,20,30H,8-13,19,21H2,1-5H3,(H,39,45,46). The molecule has 2 aromatic carbocycles. The first-order chi connectivity index (χ1) is 24.1. The van der Waals surface area contributed by atoms with Crippen molar-refractivity contribution in [3.63, 3.8) is 0 Å². The van der Waals surface area contributed by atoms with E-state index in [-0.39, 0.29) is 23.8 Å². The third-order valence-corrected chi connectivity index (χ3v) is 10.1. The van der Waals surface area contributed by atoms with E-state index in [4.69, 9.17) is 9.47 Å². The molecule has 1 N–H and O–H groups in total. The topological polar surface area (TPSA) is 130 Å². The molecule has 4 aromatic rings. The SMILES string of the molecule is COc1cc(-c2cn(C)c(=O)c3cnc(N(C)C)cc23)cc(OC)c1CN1CCN(c2ccc3c(c2)CN(C2CCC(=O)NC2=O)C3=O)CC1. The van der Waals surface area contributed by atoms with Gasteiger partial charge in [0, 0.05) is 101 Å². The highest BCUT2D eigenvalue weighted by Gasteiger charge is 2.39. The van der Waals surface area contributed by atoms with Crippen molar-refractivity contribution in [2.24, 2.45) is 7.05 Å². The second kappa shape index (κ2) is 13.1. The normalized spacial score (nSPS) is 18.0. The molecule has 260 valence electrons. The van der Waals surface area contributed by atoms with Crippen molar-refractivity contribution in [2.75, 3.05) is 64.3 Å². The molecule has 0 bridgehead atoms. The number of methoxy groups -OCH3 is 2. The van der Waals surface area contributed by atoms with Crippen LogP contribution >= 0.6 is 0 Å². The van der Waals surface area contributed by atoms with Crippen LogP contribution in [0.15, 0.2) is 53.6 Å². The van der Waals surface area contributed by atoms with Crippen molar-refractivity contribution >= 4 is 40.0 Å². The number of imide groups is 1. The van der Waals surface area contributed by atoms with E-state index in [0.717, 1.165) is 65.3 Å². The van der Waals surface area contributed by atoms with Crippen LogP contribution in [0, 0.1) is 0 Å². The predicted octanol–water partition coefficient (Wildman–Crippen LogP) is 2.77. The third kappa shape index (κ3) is 5.91. The van der Waals surface area contributed by atoms with Gasteiger partial charge in [0.2, 0.25) is 11.8 Å². The van der Waals surface area contributed by atoms with Gasteiger partial charge in [-0.3, -0.25) is 29.4 Å². The Balaban J connectivity index is 1.08. The van der Waals surface area contributed by atoms with Crippen molar-refractivity contribution in [1.29, 1.82) is 0 Å². The van der Waals surface area contributed by atoms with E-state index in [0.29, 0.717) is 42.0 Å². The number of piperazine rings is 1. The minimum Gasteiger partial charge on any atom is -0.496 e. The summed E-state index contributed by atoms with van der Waals surface area (Å²) in [6, 6.07) is 11.2. The third-order valence-electron chi connectivity index (χ3n) is 10.1. The van der Waals surface area contributed by atoms with Crippen molar-refractivity contribution in [3.05, 3.63) is 75.8 Å². The quantitative estimate of drug-likeness (QED) is 0.278. The van der Waals surface area contributed by atoms with E-state index in [9.17, 15) is 19.2 Å². The smallest absolute Gasteiger partial charge is 0.259 e. The van der Waals surface area contributed by atoms with Gasteiger partial charge in [0.25, 0.3) is 11.5 Å². The minimum atomic E-state index is -0.628. The lowest BCUT2D eigenvalue weighted by atomic mass is 9.98. The Morgan fingerprint density at radius 2 is 1.64 bits per heavy atom. The number of pyridine rings is 2. The highest BCUT2D eigenvalue weighted by Crippen LogP contribution is 2.39. The molecule has 0 radical (unpaired) electrons. The molecule has 2 fully saturated rings. The van der Waals surface area contributed by atoms with Crippen molar-refractivity contribution < 1.29 is 23.9 Å². The Morgan fingerprint density at radius 1 is 0.920 bits per heavy atom. The second-order valence-electron chi connectivity index (χ2n) is 13.3. The number of benzene rings is 2. The van der Waals surface area contributed by atoms with E-state index >= 15 is 0 Å². The summed E-state index contributed by atoms with van der Waals surface area (Å²) in [5.41, 5.74) is 5.13. The molecule has 0 aliphatic carbocycles. The highest BCUT2D eigenvalue weighted by molar-refractivity contribution is 6.05. The number of nitrogens with zero attached hydrogens (tertiary/aromatic N) is 6. The maximum absolute atomic E-state index is 13.2. The first-order valence-corrected chi connectivity index (χ1v) is 16.7. The van der Waals surface area contributed by atoms with E-state index in [1.165, 1.54) is 0 Å². The zero-order valence-corrected chi connectivity index (χ0v) is 29.0. The van der Waals surface area contributed by atoms with Gasteiger partial charge in [0.1, 0.15) is 23.4 Å². The van der Waals surface area contributed by atoms with Crippen molar-refractivity contribution in [3.8, 4) is 22.6 Å². The highest BCUT2D eigenvalue weighted by atomic mass is 16.5. The maximum atomic E-state index is 13.2. The zero-order chi connectivity index (χ0) is 35.3. The van der Waals surface area contributed by atoms with Gasteiger partial charge >= 0.3 is 0 Å². The van der Waals surface area contributed by atoms with Crippen LogP contribution in [0.2, 0.25) is 0 Å². The van der Waals surface area contributed by atoms with Crippen LogP contribution in [0.1, 0.15) is 34.3 Å². The first kappa shape index (κ1) is 33.1. The van der Waals surface area contributed by atoms with E-state index in [2.05, 4.69) is 26.2 Å². The molecule has 3 amide bonds. The Hall–Kier alpha value is -5.43. The number of amides is 3. The molecule has 13 heteroatoms. The molecule has 5 heterocycles. The van der Waals surface area contributed by atoms with Crippen LogP contribution in [0.4, 0.5) is 11.5 Å². The van der Waals surface area contributed by atoms with Gasteiger partial charge in [-0.1, -0.05) is 0 Å². The fraction of sp³-hybridized carbons (Fsp3) is 0.378. The number of hydrogen-bond acceptors (Lipinski definition) is 10. The van der Waals surface area contributed by atoms with Gasteiger partial charge < -0.3 is 28.7 Å². The van der Waals surface area contributed by atoms with Gasteiger partial charge in [-0.15, -0.1) is 0 Å². The Labute approximate surface area is 290 Å². The minimum absolute atomic E-state index is 0.112. The van der Waals surface area contributed by atoms with Crippen LogP contribution in [0.5, 0.6) is 11.5 Å². The Kier molecular flexibility index (Phi) is 8.68. The van der Waals surface area contributed by atoms with Crippen LogP contribution in [0.25, 0.3) is 21.9 Å². The average molecular weight is 680 g/mol. The number of piperidine rings is 1. The number of aromatic nitrogens is 2. The lowest BCUT2D eigenvalue weighted by Crippen LogP contribution is -2.52. The summed E-state index contributed by atoms with van der Waals surface area (Å²) in [7, 11) is 8.90. The largest absolute Gasteiger partial charge is 0.496 e. The Morgan fingerprint density at radius 3 is 2.30 bits per heavy atom. The molecule has 1 atom stereocenters. The Bertz CT molecular complexity index is 2060. The molecule has 7 rings (SSSR count). The summed E-state index contributed by atoms with van der Waals surface area (Å²) in [5.74, 6) is 1.30. The number of fused-ring (bicyclic) bond motifs is 2. The van der Waals surface area contributed by atoms with Gasteiger partial charge in [0.05, 0.1) is 25.2 Å². The van der Waals surface area contributed by atoms with E-state index in [1.54, 1.807) is 36.9 Å². The molecule has 2 aromatic heterocycles. The number of hydrogen-bond donors (Lipinski definition) is 1. The van der Waals surface area contributed by atoms with Crippen molar-refractivity contribution in [1.82, 2.24) is 24.7 Å². The van der Waals surface area contributed by atoms with Crippen LogP contribution in [0.3, 0.4) is 0 Å². The number of nitrogens with one attached hydrogen (secondary N) is 1. The fourth-order valence-electron chi connectivity index (χ4n) is 7.26. The van der Waals surface area contributed by atoms with Gasteiger partial charge in [-0.05, 0) is 53.9 Å². The number of carbonyl (C=O) groups is 3. The number of aryl methyl sites for hydroxylation is 1.